The largest absolute Gasteiger partial charge is 0.462 e. The Kier molecular flexibility index (Phi) is 7.42. The number of hydrogen-bond acceptors (Lipinski definition) is 9. The van der Waals surface area contributed by atoms with Crippen molar-refractivity contribution in [3.8, 4) is 5.75 Å². The first-order chi connectivity index (χ1) is 13.0. The van der Waals surface area contributed by atoms with Crippen LogP contribution >= 0.6 is 0 Å². The average Bonchev–Trinajstić information content (AvgIpc) is 2.65. The van der Waals surface area contributed by atoms with Gasteiger partial charge in [-0.2, -0.15) is 0 Å². The Morgan fingerprint density at radius 2 is 1.89 bits per heavy atom. The fourth-order valence-corrected chi connectivity index (χ4v) is 2.50. The Balaban J connectivity index is 1.78. The number of hydrogen-bond donors (Lipinski definition) is 0. The zero-order chi connectivity index (χ0) is 19.7. The van der Waals surface area contributed by atoms with Crippen LogP contribution in [0.4, 0.5) is 0 Å². The Bertz CT molecular complexity index is 696. The van der Waals surface area contributed by atoms with Gasteiger partial charge in [-0.15, -0.1) is 4.91 Å². The summed E-state index contributed by atoms with van der Waals surface area (Å²) in [4.78, 5) is 46.1. The van der Waals surface area contributed by atoms with Gasteiger partial charge < -0.3 is 18.9 Å². The van der Waals surface area contributed by atoms with Gasteiger partial charge in [0.25, 0.3) is 0 Å². The lowest BCUT2D eigenvalue weighted by atomic mass is 10.1. The van der Waals surface area contributed by atoms with E-state index in [1.165, 1.54) is 19.1 Å². The van der Waals surface area contributed by atoms with Crippen LogP contribution in [0.5, 0.6) is 5.75 Å². The molecule has 1 heterocycles. The molecule has 1 fully saturated rings. The maximum Gasteiger partial charge on any atom is 0.341 e. The highest BCUT2D eigenvalue weighted by Gasteiger charge is 2.38. The van der Waals surface area contributed by atoms with E-state index in [-0.39, 0.29) is 43.6 Å². The molecule has 9 nitrogen and oxygen atoms in total. The Hall–Kier alpha value is -2.81. The van der Waals surface area contributed by atoms with Crippen molar-refractivity contribution in [2.75, 3.05) is 19.8 Å². The molecule has 9 heteroatoms. The molecule has 1 aromatic carbocycles. The molecule has 146 valence electrons. The molecule has 1 saturated heterocycles. The van der Waals surface area contributed by atoms with Gasteiger partial charge in [0, 0.05) is 26.2 Å². The second kappa shape index (κ2) is 9.77. The molecule has 0 amide bonds. The van der Waals surface area contributed by atoms with Gasteiger partial charge in [-0.25, -0.2) is 4.79 Å². The fraction of sp³-hybridized carbons (Fsp3) is 0.500. The normalized spacial score (nSPS) is 15.4. The highest BCUT2D eigenvalue weighted by molar-refractivity contribution is 5.93. The van der Waals surface area contributed by atoms with E-state index in [2.05, 4.69) is 5.18 Å². The van der Waals surface area contributed by atoms with Crippen molar-refractivity contribution >= 4 is 17.9 Å². The van der Waals surface area contributed by atoms with Crippen molar-refractivity contribution in [1.29, 1.82) is 0 Å². The van der Waals surface area contributed by atoms with E-state index in [1.54, 1.807) is 12.1 Å². The lowest BCUT2D eigenvalue weighted by Gasteiger charge is -2.29. The molecule has 2 rings (SSSR count). The molecular weight excluding hydrogens is 358 g/mol. The van der Waals surface area contributed by atoms with Gasteiger partial charge in [0.05, 0.1) is 19.8 Å². The second-order valence-electron chi connectivity index (χ2n) is 5.95. The molecule has 0 spiro atoms. The molecule has 27 heavy (non-hydrogen) atoms. The van der Waals surface area contributed by atoms with Crippen LogP contribution in [0, 0.1) is 4.91 Å². The van der Waals surface area contributed by atoms with Crippen molar-refractivity contribution < 1.29 is 33.3 Å². The number of benzene rings is 1. The summed E-state index contributed by atoms with van der Waals surface area (Å²) in [6, 6.07) is 6.19. The first-order valence-corrected chi connectivity index (χ1v) is 8.54. The third-order valence-corrected chi connectivity index (χ3v) is 3.86. The summed E-state index contributed by atoms with van der Waals surface area (Å²) in [5.41, 5.74) is -1.25. The van der Waals surface area contributed by atoms with Crippen LogP contribution in [0.15, 0.2) is 29.4 Å². The van der Waals surface area contributed by atoms with Crippen LogP contribution in [0.2, 0.25) is 0 Å². The standard InChI is InChI=1S/C18H21NO8/c1-13(20)26-15-6-3-2-5-14(15)17(22)25-10-4-7-16(21)27-18(19-23)8-11-24-12-9-18/h2-3,5-6H,4,7-12H2,1H3. The van der Waals surface area contributed by atoms with E-state index >= 15 is 0 Å². The van der Waals surface area contributed by atoms with E-state index in [9.17, 15) is 19.3 Å². The summed E-state index contributed by atoms with van der Waals surface area (Å²) in [6.45, 7) is 1.80. The quantitative estimate of drug-likeness (QED) is 0.292. The van der Waals surface area contributed by atoms with Gasteiger partial charge in [-0.05, 0) is 23.7 Å². The number of nitroso groups, excluding NO2 is 1. The van der Waals surface area contributed by atoms with Gasteiger partial charge in [-0.3, -0.25) is 9.59 Å². The summed E-state index contributed by atoms with van der Waals surface area (Å²) in [5, 5.41) is 2.95. The average molecular weight is 379 g/mol. The summed E-state index contributed by atoms with van der Waals surface area (Å²) in [5.74, 6) is -1.71. The number of carbonyl (C=O) groups excluding carboxylic acids is 3. The van der Waals surface area contributed by atoms with Crippen LogP contribution in [0.3, 0.4) is 0 Å². The maximum atomic E-state index is 12.1. The highest BCUT2D eigenvalue weighted by Crippen LogP contribution is 2.27. The minimum absolute atomic E-state index is 0.0308. The van der Waals surface area contributed by atoms with Gasteiger partial charge in [-0.1, -0.05) is 12.1 Å². The lowest BCUT2D eigenvalue weighted by molar-refractivity contribution is -0.168. The molecule has 0 N–H and O–H groups in total. The van der Waals surface area contributed by atoms with Gasteiger partial charge in [0.15, 0.2) is 0 Å². The van der Waals surface area contributed by atoms with Crippen molar-refractivity contribution in [2.45, 2.75) is 38.3 Å². The summed E-state index contributed by atoms with van der Waals surface area (Å²) < 4.78 is 20.4. The van der Waals surface area contributed by atoms with Crippen LogP contribution in [-0.2, 0) is 23.8 Å². The molecule has 0 bridgehead atoms. The highest BCUT2D eigenvalue weighted by atomic mass is 16.6. The number of para-hydroxylation sites is 1. The topological polar surface area (TPSA) is 118 Å². The zero-order valence-electron chi connectivity index (χ0n) is 15.0. The van der Waals surface area contributed by atoms with Gasteiger partial charge in [0.2, 0.25) is 5.72 Å². The minimum Gasteiger partial charge on any atom is -0.462 e. The second-order valence-corrected chi connectivity index (χ2v) is 5.95. The third kappa shape index (κ3) is 6.14. The maximum absolute atomic E-state index is 12.1. The predicted molar refractivity (Wildman–Crippen MR) is 91.9 cm³/mol. The first-order valence-electron chi connectivity index (χ1n) is 8.54. The number of nitrogens with zero attached hydrogens (tertiary/aromatic N) is 1. The molecule has 0 radical (unpaired) electrons. The molecule has 1 aliphatic rings. The van der Waals surface area contributed by atoms with Gasteiger partial charge >= 0.3 is 17.9 Å². The van der Waals surface area contributed by atoms with Crippen molar-refractivity contribution in [3.05, 3.63) is 34.7 Å². The van der Waals surface area contributed by atoms with Gasteiger partial charge in [0.1, 0.15) is 11.3 Å². The zero-order valence-corrected chi connectivity index (χ0v) is 15.0. The van der Waals surface area contributed by atoms with Crippen LogP contribution < -0.4 is 4.74 Å². The van der Waals surface area contributed by atoms with Crippen LogP contribution in [-0.4, -0.2) is 43.5 Å². The molecular formula is C18H21NO8. The molecule has 1 aliphatic heterocycles. The summed E-state index contributed by atoms with van der Waals surface area (Å²) >= 11 is 0. The number of rotatable bonds is 8. The molecule has 0 aromatic heterocycles. The van der Waals surface area contributed by atoms with Crippen molar-refractivity contribution in [2.24, 2.45) is 5.18 Å². The monoisotopic (exact) mass is 379 g/mol. The van der Waals surface area contributed by atoms with Crippen molar-refractivity contribution in [3.63, 3.8) is 0 Å². The molecule has 0 saturated carbocycles. The smallest absolute Gasteiger partial charge is 0.341 e. The summed E-state index contributed by atoms with van der Waals surface area (Å²) in [7, 11) is 0. The lowest BCUT2D eigenvalue weighted by Crippen LogP contribution is -2.38. The SMILES string of the molecule is CC(=O)Oc1ccccc1C(=O)OCCCC(=O)OC1(N=O)CCOCC1. The third-order valence-electron chi connectivity index (χ3n) is 3.86. The Morgan fingerprint density at radius 1 is 1.19 bits per heavy atom. The number of ether oxygens (including phenoxy) is 4. The van der Waals surface area contributed by atoms with E-state index in [4.69, 9.17) is 18.9 Å². The molecule has 0 aliphatic carbocycles. The minimum atomic E-state index is -1.37. The van der Waals surface area contributed by atoms with Crippen molar-refractivity contribution in [1.82, 2.24) is 0 Å². The van der Waals surface area contributed by atoms with E-state index in [0.717, 1.165) is 0 Å². The number of esters is 3. The predicted octanol–water partition coefficient (Wildman–Crippen LogP) is 2.37. The fourth-order valence-electron chi connectivity index (χ4n) is 2.50. The first kappa shape index (κ1) is 20.5. The van der Waals surface area contributed by atoms with Crippen LogP contribution in [0.25, 0.3) is 0 Å². The van der Waals surface area contributed by atoms with E-state index in [1.807, 2.05) is 0 Å². The molecule has 0 unspecified atom stereocenters. The Morgan fingerprint density at radius 3 is 2.56 bits per heavy atom. The van der Waals surface area contributed by atoms with E-state index < -0.39 is 23.6 Å². The summed E-state index contributed by atoms with van der Waals surface area (Å²) in [6.07, 6.45) is 0.636. The Labute approximate surface area is 155 Å². The van der Waals surface area contributed by atoms with E-state index in [0.29, 0.717) is 13.2 Å². The number of carbonyl (C=O) groups is 3. The molecule has 1 aromatic rings. The van der Waals surface area contributed by atoms with Crippen LogP contribution in [0.1, 0.15) is 43.0 Å². The molecule has 0 atom stereocenters.